The van der Waals surface area contributed by atoms with Crippen LogP contribution in [-0.2, 0) is 0 Å². The van der Waals surface area contributed by atoms with E-state index >= 15 is 0 Å². The molecule has 0 saturated heterocycles. The lowest BCUT2D eigenvalue weighted by molar-refractivity contribution is 0.140. The van der Waals surface area contributed by atoms with Gasteiger partial charge in [0.2, 0.25) is 5.95 Å². The molecule has 1 N–H and O–H groups in total. The van der Waals surface area contributed by atoms with E-state index in [9.17, 15) is 0 Å². The van der Waals surface area contributed by atoms with Gasteiger partial charge in [-0.1, -0.05) is 52.8 Å². The molecule has 0 amide bonds. The predicted octanol–water partition coefficient (Wildman–Crippen LogP) is 7.91. The third-order valence-electron chi connectivity index (χ3n) is 6.69. The van der Waals surface area contributed by atoms with Crippen LogP contribution in [-0.4, -0.2) is 9.55 Å². The van der Waals surface area contributed by atoms with Crippen LogP contribution >= 0.6 is 0 Å². The molecule has 0 spiro atoms. The Labute approximate surface area is 181 Å². The fourth-order valence-corrected chi connectivity index (χ4v) is 5.57. The first kappa shape index (κ1) is 21.0. The molecule has 1 fully saturated rings. The lowest BCUT2D eigenvalue weighted by atomic mass is 9.70. The first-order chi connectivity index (χ1) is 14.1. The third-order valence-corrected chi connectivity index (χ3v) is 6.69. The molecule has 2 unspecified atom stereocenters. The van der Waals surface area contributed by atoms with Gasteiger partial charge in [-0.15, -0.1) is 0 Å². The van der Waals surface area contributed by atoms with Gasteiger partial charge < -0.3 is 9.88 Å². The molecule has 3 nitrogen and oxygen atoms in total. The van der Waals surface area contributed by atoms with Crippen LogP contribution in [0.3, 0.4) is 0 Å². The van der Waals surface area contributed by atoms with Crippen LogP contribution in [0.1, 0.15) is 82.5 Å². The van der Waals surface area contributed by atoms with E-state index in [4.69, 9.17) is 4.98 Å². The van der Waals surface area contributed by atoms with Crippen LogP contribution in [0.25, 0.3) is 11.0 Å². The maximum atomic E-state index is 5.11. The first-order valence-electron chi connectivity index (χ1n) is 11.5. The summed E-state index contributed by atoms with van der Waals surface area (Å²) in [6, 6.07) is 13.8. The Hall–Kier alpha value is -2.29. The van der Waals surface area contributed by atoms with Crippen LogP contribution in [0.2, 0.25) is 0 Å². The van der Waals surface area contributed by atoms with Crippen molar-refractivity contribution in [2.75, 3.05) is 5.32 Å². The minimum Gasteiger partial charge on any atom is -0.326 e. The van der Waals surface area contributed by atoms with Crippen molar-refractivity contribution in [3.8, 4) is 0 Å². The summed E-state index contributed by atoms with van der Waals surface area (Å²) in [5.41, 5.74) is 7.77. The van der Waals surface area contributed by atoms with Crippen LogP contribution in [0, 0.1) is 25.2 Å². The number of hydrogen-bond acceptors (Lipinski definition) is 2. The predicted molar refractivity (Wildman–Crippen MR) is 129 cm³/mol. The highest BCUT2D eigenvalue weighted by Crippen LogP contribution is 2.46. The van der Waals surface area contributed by atoms with Crippen molar-refractivity contribution in [1.29, 1.82) is 0 Å². The van der Waals surface area contributed by atoms with Gasteiger partial charge in [-0.05, 0) is 85.3 Å². The number of hydrogen-bond donors (Lipinski definition) is 1. The summed E-state index contributed by atoms with van der Waals surface area (Å²) >= 11 is 0. The van der Waals surface area contributed by atoms with Crippen molar-refractivity contribution in [2.24, 2.45) is 11.3 Å². The number of fused-ring (bicyclic) bond motifs is 1. The Balaban J connectivity index is 1.80. The molecule has 0 aliphatic heterocycles. The van der Waals surface area contributed by atoms with E-state index in [2.05, 4.69) is 94.7 Å². The highest BCUT2D eigenvalue weighted by atomic mass is 15.2. The van der Waals surface area contributed by atoms with Crippen LogP contribution in [0.4, 0.5) is 11.6 Å². The lowest BCUT2D eigenvalue weighted by Gasteiger charge is -2.40. The van der Waals surface area contributed by atoms with Gasteiger partial charge in [0.05, 0.1) is 11.0 Å². The van der Waals surface area contributed by atoms with Gasteiger partial charge in [0.15, 0.2) is 0 Å². The Bertz CT molecular complexity index is 1040. The molecular weight excluding hydrogens is 366 g/mol. The van der Waals surface area contributed by atoms with Gasteiger partial charge in [-0.3, -0.25) is 0 Å². The first-order valence-corrected chi connectivity index (χ1v) is 11.5. The zero-order chi connectivity index (χ0) is 21.6. The zero-order valence-corrected chi connectivity index (χ0v) is 19.7. The standard InChI is InChI=1S/C27H37N3/c1-17(2)21-8-10-22(11-9-21)28-26-29-25-20(5)12-18(3)14-24(25)30(26)23-13-19(4)15-27(6,7)16-23/h8-12,14,17,19,23H,13,15-16H2,1-7H3,(H,28,29). The summed E-state index contributed by atoms with van der Waals surface area (Å²) in [4.78, 5) is 5.11. The SMILES string of the molecule is Cc1cc(C)c2nc(Nc3ccc(C(C)C)cc3)n(C3CC(C)CC(C)(C)C3)c2c1. The molecule has 30 heavy (non-hydrogen) atoms. The van der Waals surface area contributed by atoms with Gasteiger partial charge in [-0.25, -0.2) is 4.98 Å². The van der Waals surface area contributed by atoms with E-state index in [1.165, 1.54) is 41.5 Å². The molecule has 3 heteroatoms. The maximum Gasteiger partial charge on any atom is 0.208 e. The second-order valence-electron chi connectivity index (χ2n) is 10.7. The van der Waals surface area contributed by atoms with E-state index < -0.39 is 0 Å². The van der Waals surface area contributed by atoms with Crippen molar-refractivity contribution in [3.63, 3.8) is 0 Å². The van der Waals surface area contributed by atoms with Crippen molar-refractivity contribution in [2.45, 2.75) is 79.7 Å². The number of imidazole rings is 1. The number of benzene rings is 2. The number of nitrogens with zero attached hydrogens (tertiary/aromatic N) is 2. The summed E-state index contributed by atoms with van der Waals surface area (Å²) in [6.45, 7) is 16.1. The zero-order valence-electron chi connectivity index (χ0n) is 19.7. The molecule has 3 aromatic rings. The molecular formula is C27H37N3. The number of anilines is 2. The van der Waals surface area contributed by atoms with Crippen LogP contribution < -0.4 is 5.32 Å². The van der Waals surface area contributed by atoms with Gasteiger partial charge in [-0.2, -0.15) is 0 Å². The number of aromatic nitrogens is 2. The maximum absolute atomic E-state index is 5.11. The van der Waals surface area contributed by atoms with E-state index in [1.807, 2.05) is 0 Å². The topological polar surface area (TPSA) is 29.9 Å². The summed E-state index contributed by atoms with van der Waals surface area (Å²) < 4.78 is 2.50. The molecule has 0 radical (unpaired) electrons. The normalized spacial score (nSPS) is 21.3. The Kier molecular flexibility index (Phi) is 5.42. The molecule has 0 bridgehead atoms. The molecule has 2 aromatic carbocycles. The van der Waals surface area contributed by atoms with Crippen LogP contribution in [0.15, 0.2) is 36.4 Å². The fourth-order valence-electron chi connectivity index (χ4n) is 5.57. The van der Waals surface area contributed by atoms with E-state index in [1.54, 1.807) is 0 Å². The molecule has 160 valence electrons. The summed E-state index contributed by atoms with van der Waals surface area (Å²) in [5.74, 6) is 2.24. The van der Waals surface area contributed by atoms with Gasteiger partial charge in [0.1, 0.15) is 0 Å². The van der Waals surface area contributed by atoms with Crippen molar-refractivity contribution in [3.05, 3.63) is 53.1 Å². The smallest absolute Gasteiger partial charge is 0.208 e. The van der Waals surface area contributed by atoms with Crippen molar-refractivity contribution >= 4 is 22.7 Å². The number of rotatable bonds is 4. The third kappa shape index (κ3) is 4.12. The van der Waals surface area contributed by atoms with Crippen LogP contribution in [0.5, 0.6) is 0 Å². The van der Waals surface area contributed by atoms with E-state index in [0.717, 1.165) is 23.1 Å². The summed E-state index contributed by atoms with van der Waals surface area (Å²) in [5, 5.41) is 3.67. The molecule has 1 aliphatic carbocycles. The minimum absolute atomic E-state index is 0.355. The van der Waals surface area contributed by atoms with Gasteiger partial charge in [0, 0.05) is 11.7 Å². The molecule has 1 aliphatic rings. The lowest BCUT2D eigenvalue weighted by Crippen LogP contribution is -2.29. The second kappa shape index (κ2) is 7.76. The largest absolute Gasteiger partial charge is 0.326 e. The summed E-state index contributed by atoms with van der Waals surface area (Å²) in [6.07, 6.45) is 3.70. The molecule has 1 aromatic heterocycles. The Morgan fingerprint density at radius 3 is 2.40 bits per heavy atom. The fraction of sp³-hybridized carbons (Fsp3) is 0.519. The molecule has 4 rings (SSSR count). The Morgan fingerprint density at radius 1 is 1.07 bits per heavy atom. The molecule has 1 saturated carbocycles. The monoisotopic (exact) mass is 403 g/mol. The number of aryl methyl sites for hydroxylation is 2. The van der Waals surface area contributed by atoms with Gasteiger partial charge >= 0.3 is 0 Å². The highest BCUT2D eigenvalue weighted by molar-refractivity contribution is 5.83. The van der Waals surface area contributed by atoms with Crippen molar-refractivity contribution in [1.82, 2.24) is 9.55 Å². The second-order valence-corrected chi connectivity index (χ2v) is 10.7. The minimum atomic E-state index is 0.355. The Morgan fingerprint density at radius 2 is 1.77 bits per heavy atom. The quantitative estimate of drug-likeness (QED) is 0.479. The van der Waals surface area contributed by atoms with Crippen molar-refractivity contribution < 1.29 is 0 Å². The average Bonchev–Trinajstić information content (AvgIpc) is 2.98. The summed E-state index contributed by atoms with van der Waals surface area (Å²) in [7, 11) is 0. The van der Waals surface area contributed by atoms with Gasteiger partial charge in [0.25, 0.3) is 0 Å². The molecule has 1 heterocycles. The average molecular weight is 404 g/mol. The molecule has 2 atom stereocenters. The number of nitrogens with one attached hydrogen (secondary N) is 1. The van der Waals surface area contributed by atoms with E-state index in [-0.39, 0.29) is 0 Å². The van der Waals surface area contributed by atoms with E-state index in [0.29, 0.717) is 17.4 Å². The highest BCUT2D eigenvalue weighted by Gasteiger charge is 2.34.